The highest BCUT2D eigenvalue weighted by Crippen LogP contribution is 2.21. The number of H-pyrrole nitrogens is 1. The van der Waals surface area contributed by atoms with Gasteiger partial charge in [-0.15, -0.1) is 0 Å². The Morgan fingerprint density at radius 3 is 2.47 bits per heavy atom. The Bertz CT molecular complexity index is 1210. The van der Waals surface area contributed by atoms with Gasteiger partial charge in [0.1, 0.15) is 11.6 Å². The van der Waals surface area contributed by atoms with Crippen molar-refractivity contribution in [2.75, 3.05) is 10.6 Å². The van der Waals surface area contributed by atoms with Gasteiger partial charge in [0.15, 0.2) is 5.69 Å². The van der Waals surface area contributed by atoms with Crippen molar-refractivity contribution in [1.82, 2.24) is 9.55 Å². The molecule has 7 nitrogen and oxygen atoms in total. The highest BCUT2D eigenvalue weighted by Gasteiger charge is 2.23. The van der Waals surface area contributed by atoms with E-state index in [0.717, 1.165) is 12.0 Å². The number of hydrogen-bond donors (Lipinski definition) is 2. The monoisotopic (exact) mass is 436 g/mol. The van der Waals surface area contributed by atoms with Crippen molar-refractivity contribution >= 4 is 23.5 Å². The Morgan fingerprint density at radius 1 is 1.12 bits per heavy atom. The molecule has 3 N–H and O–H groups in total. The predicted octanol–water partition coefficient (Wildman–Crippen LogP) is 3.30. The van der Waals surface area contributed by atoms with Crippen LogP contribution in [0.2, 0.25) is 0 Å². The summed E-state index contributed by atoms with van der Waals surface area (Å²) in [6, 6.07) is 14.8. The van der Waals surface area contributed by atoms with E-state index in [0.29, 0.717) is 18.5 Å². The number of rotatable bonds is 8. The van der Waals surface area contributed by atoms with E-state index < -0.39 is 17.2 Å². The molecule has 0 aliphatic carbocycles. The molecular weight excluding hydrogens is 411 g/mol. The molecule has 0 bridgehead atoms. The maximum atomic E-state index is 13.2. The summed E-state index contributed by atoms with van der Waals surface area (Å²) in [6.07, 6.45) is 4.33. The first-order valence-electron chi connectivity index (χ1n) is 10.3. The summed E-state index contributed by atoms with van der Waals surface area (Å²) in [5.74, 6) is -0.949. The van der Waals surface area contributed by atoms with Crippen molar-refractivity contribution in [1.29, 1.82) is 0 Å². The third kappa shape index (κ3) is 5.40. The Morgan fingerprint density at radius 2 is 1.81 bits per heavy atom. The maximum absolute atomic E-state index is 13.2. The molecule has 0 saturated heterocycles. The lowest BCUT2D eigenvalue weighted by atomic mass is 10.2. The van der Waals surface area contributed by atoms with Crippen LogP contribution < -0.4 is 21.9 Å². The van der Waals surface area contributed by atoms with Crippen LogP contribution in [0, 0.1) is 5.82 Å². The van der Waals surface area contributed by atoms with E-state index in [2.05, 4.69) is 4.98 Å². The molecule has 32 heavy (non-hydrogen) atoms. The van der Waals surface area contributed by atoms with Gasteiger partial charge < -0.3 is 5.73 Å². The fraction of sp³-hybridized carbons (Fsp3) is 0.208. The minimum Gasteiger partial charge on any atom is -0.383 e. The minimum absolute atomic E-state index is 0.0633. The normalized spacial score (nSPS) is 11.1. The van der Waals surface area contributed by atoms with E-state index in [1.54, 1.807) is 0 Å². The van der Waals surface area contributed by atoms with Gasteiger partial charge in [0.2, 0.25) is 0 Å². The van der Waals surface area contributed by atoms with Crippen LogP contribution in [0.15, 0.2) is 70.3 Å². The fourth-order valence-electron chi connectivity index (χ4n) is 3.24. The van der Waals surface area contributed by atoms with Crippen LogP contribution in [0.4, 0.5) is 15.9 Å². The van der Waals surface area contributed by atoms with Gasteiger partial charge in [0.25, 0.3) is 11.5 Å². The molecule has 166 valence electrons. The summed E-state index contributed by atoms with van der Waals surface area (Å²) >= 11 is 0. The Hall–Kier alpha value is -3.94. The number of carbonyl (C=O) groups excluding carboxylic acids is 1. The Kier molecular flexibility index (Phi) is 7.38. The number of nitrogens with zero attached hydrogens (tertiary/aromatic N) is 2. The molecule has 0 unspecified atom stereocenters. The van der Waals surface area contributed by atoms with Crippen LogP contribution in [0.3, 0.4) is 0 Å². The molecule has 0 atom stereocenters. The van der Waals surface area contributed by atoms with E-state index in [1.807, 2.05) is 37.3 Å². The second-order valence-corrected chi connectivity index (χ2v) is 7.29. The summed E-state index contributed by atoms with van der Waals surface area (Å²) < 4.78 is 14.4. The average Bonchev–Trinajstić information content (AvgIpc) is 2.78. The Balaban J connectivity index is 2.05. The van der Waals surface area contributed by atoms with Crippen LogP contribution >= 0.6 is 0 Å². The summed E-state index contributed by atoms with van der Waals surface area (Å²) in [5.41, 5.74) is 6.19. The standard InChI is InChI=1S/C24H25FN4O3/c1-2-3-15-28-22(26)21(23(31)27-24(28)32)29(16-18-7-5-4-6-8-18)20(30)14-11-17-9-12-19(25)13-10-17/h4-14H,2-3,15-16,26H2,1H3,(H,27,31,32)/b14-11+. The Labute approximate surface area is 184 Å². The van der Waals surface area contributed by atoms with E-state index >= 15 is 0 Å². The van der Waals surface area contributed by atoms with Crippen molar-refractivity contribution in [2.24, 2.45) is 0 Å². The molecule has 0 radical (unpaired) electrons. The van der Waals surface area contributed by atoms with Gasteiger partial charge >= 0.3 is 5.69 Å². The third-order valence-electron chi connectivity index (χ3n) is 4.96. The summed E-state index contributed by atoms with van der Waals surface area (Å²) in [4.78, 5) is 41.7. The van der Waals surface area contributed by atoms with Gasteiger partial charge in [-0.2, -0.15) is 0 Å². The van der Waals surface area contributed by atoms with Crippen molar-refractivity contribution < 1.29 is 9.18 Å². The summed E-state index contributed by atoms with van der Waals surface area (Å²) in [5, 5.41) is 0. The van der Waals surface area contributed by atoms with Crippen molar-refractivity contribution in [2.45, 2.75) is 32.9 Å². The van der Waals surface area contributed by atoms with Crippen molar-refractivity contribution in [3.63, 3.8) is 0 Å². The zero-order chi connectivity index (χ0) is 23.1. The highest BCUT2D eigenvalue weighted by molar-refractivity contribution is 6.05. The maximum Gasteiger partial charge on any atom is 0.330 e. The number of nitrogens with one attached hydrogen (secondary N) is 1. The van der Waals surface area contributed by atoms with Crippen LogP contribution in [0.5, 0.6) is 0 Å². The molecule has 3 rings (SSSR count). The molecule has 3 aromatic rings. The quantitative estimate of drug-likeness (QED) is 0.529. The lowest BCUT2D eigenvalue weighted by molar-refractivity contribution is -0.114. The lowest BCUT2D eigenvalue weighted by Gasteiger charge is -2.23. The zero-order valence-corrected chi connectivity index (χ0v) is 17.8. The number of hydrogen-bond acceptors (Lipinski definition) is 4. The van der Waals surface area contributed by atoms with Crippen LogP contribution in [0.25, 0.3) is 6.08 Å². The molecule has 0 fully saturated rings. The van der Waals surface area contributed by atoms with E-state index in [1.165, 1.54) is 45.9 Å². The molecular formula is C24H25FN4O3. The zero-order valence-electron chi connectivity index (χ0n) is 17.8. The first kappa shape index (κ1) is 22.7. The number of nitrogen functional groups attached to an aromatic ring is 1. The highest BCUT2D eigenvalue weighted by atomic mass is 19.1. The minimum atomic E-state index is -0.736. The van der Waals surface area contributed by atoms with Gasteiger partial charge in [-0.05, 0) is 35.8 Å². The molecule has 2 aromatic carbocycles. The van der Waals surface area contributed by atoms with Crippen molar-refractivity contribution in [3.05, 3.63) is 98.5 Å². The smallest absolute Gasteiger partial charge is 0.330 e. The van der Waals surface area contributed by atoms with Crippen LogP contribution in [-0.2, 0) is 17.9 Å². The number of carbonyl (C=O) groups is 1. The summed E-state index contributed by atoms with van der Waals surface area (Å²) in [7, 11) is 0. The van der Waals surface area contributed by atoms with Crippen LogP contribution in [0.1, 0.15) is 30.9 Å². The van der Waals surface area contributed by atoms with Gasteiger partial charge in [0.05, 0.1) is 6.54 Å². The molecule has 1 heterocycles. The number of amides is 1. The molecule has 8 heteroatoms. The number of nitrogens with two attached hydrogens (primary N) is 1. The molecule has 1 amide bonds. The lowest BCUT2D eigenvalue weighted by Crippen LogP contribution is -2.40. The fourth-order valence-corrected chi connectivity index (χ4v) is 3.24. The second kappa shape index (κ2) is 10.4. The SMILES string of the molecule is CCCCn1c(N)c(N(Cc2ccccc2)C(=O)/C=C/c2ccc(F)cc2)c(=O)[nH]c1=O. The molecule has 0 aliphatic heterocycles. The van der Waals surface area contributed by atoms with Gasteiger partial charge in [-0.3, -0.25) is 24.0 Å². The first-order valence-corrected chi connectivity index (χ1v) is 10.3. The van der Waals surface area contributed by atoms with Gasteiger partial charge in [-0.25, -0.2) is 9.18 Å². The first-order chi connectivity index (χ1) is 15.4. The van der Waals surface area contributed by atoms with E-state index in [-0.39, 0.29) is 23.9 Å². The van der Waals surface area contributed by atoms with E-state index in [4.69, 9.17) is 5.73 Å². The molecule has 0 saturated carbocycles. The van der Waals surface area contributed by atoms with Crippen LogP contribution in [-0.4, -0.2) is 15.5 Å². The van der Waals surface area contributed by atoms with Gasteiger partial charge in [-0.1, -0.05) is 55.8 Å². The third-order valence-corrected chi connectivity index (χ3v) is 4.96. The number of unbranched alkanes of at least 4 members (excludes halogenated alkanes) is 1. The van der Waals surface area contributed by atoms with E-state index in [9.17, 15) is 18.8 Å². The van der Waals surface area contributed by atoms with Gasteiger partial charge in [0, 0.05) is 12.6 Å². The number of aromatic nitrogens is 2. The molecule has 0 spiro atoms. The number of aromatic amines is 1. The van der Waals surface area contributed by atoms with Crippen molar-refractivity contribution in [3.8, 4) is 0 Å². The molecule has 0 aliphatic rings. The molecule has 1 aromatic heterocycles. The number of halogens is 1. The number of anilines is 2. The largest absolute Gasteiger partial charge is 0.383 e. The average molecular weight is 436 g/mol. The predicted molar refractivity (Wildman–Crippen MR) is 124 cm³/mol. The second-order valence-electron chi connectivity index (χ2n) is 7.29. The number of benzene rings is 2. The summed E-state index contributed by atoms with van der Waals surface area (Å²) in [6.45, 7) is 2.37. The topological polar surface area (TPSA) is 101 Å².